The van der Waals surface area contributed by atoms with Crippen molar-refractivity contribution in [3.05, 3.63) is 65.2 Å². The molecule has 0 aliphatic rings. The Morgan fingerprint density at radius 1 is 0.735 bits per heavy atom. The summed E-state index contributed by atoms with van der Waals surface area (Å²) in [6.07, 6.45) is 18.5. The summed E-state index contributed by atoms with van der Waals surface area (Å²) in [5.41, 5.74) is 2.72. The Hall–Kier alpha value is -2.13. The molecular formula is C31H46O3. The lowest BCUT2D eigenvalue weighted by Gasteiger charge is -2.12. The molecule has 0 heterocycles. The first-order valence-corrected chi connectivity index (χ1v) is 13.6. The maximum absolute atomic E-state index is 12.7. The van der Waals surface area contributed by atoms with Crippen LogP contribution >= 0.6 is 0 Å². The molecule has 0 fully saturated rings. The molecule has 1 unspecified atom stereocenters. The van der Waals surface area contributed by atoms with Crippen molar-refractivity contribution >= 4 is 5.97 Å². The van der Waals surface area contributed by atoms with Crippen LogP contribution in [-0.2, 0) is 11.2 Å². The zero-order chi connectivity index (χ0) is 24.4. The third-order valence-corrected chi connectivity index (χ3v) is 6.69. The van der Waals surface area contributed by atoms with E-state index in [1.807, 2.05) is 49.4 Å². The highest BCUT2D eigenvalue weighted by atomic mass is 16.5. The van der Waals surface area contributed by atoms with Crippen molar-refractivity contribution in [1.29, 1.82) is 0 Å². The van der Waals surface area contributed by atoms with Crippen molar-refractivity contribution in [2.75, 3.05) is 7.11 Å². The lowest BCUT2D eigenvalue weighted by Crippen LogP contribution is -2.10. The fourth-order valence-electron chi connectivity index (χ4n) is 4.33. The van der Waals surface area contributed by atoms with Crippen molar-refractivity contribution in [1.82, 2.24) is 0 Å². The second kappa shape index (κ2) is 17.3. The van der Waals surface area contributed by atoms with Crippen LogP contribution in [0.3, 0.4) is 0 Å². The van der Waals surface area contributed by atoms with Crippen molar-refractivity contribution in [3.63, 3.8) is 0 Å². The van der Waals surface area contributed by atoms with E-state index < -0.39 is 0 Å². The smallest absolute Gasteiger partial charge is 0.343 e. The van der Waals surface area contributed by atoms with Gasteiger partial charge in [0.05, 0.1) is 11.7 Å². The van der Waals surface area contributed by atoms with Crippen LogP contribution in [0.4, 0.5) is 0 Å². The molecule has 0 bridgehead atoms. The number of carbonyl (C=O) groups is 1. The lowest BCUT2D eigenvalue weighted by molar-refractivity contribution is 0.0732. The molecule has 1 atom stereocenters. The summed E-state index contributed by atoms with van der Waals surface area (Å²) < 4.78 is 11.1. The second-order valence-electron chi connectivity index (χ2n) is 9.49. The SMILES string of the molecule is CCCCCCCCCCCCCCCc1ccccc1OC(=O)c1ccc(C(C)OC)cc1. The highest BCUT2D eigenvalue weighted by Crippen LogP contribution is 2.23. The number of para-hydroxylation sites is 1. The van der Waals surface area contributed by atoms with Crippen LogP contribution in [0.1, 0.15) is 125 Å². The number of hydrogen-bond acceptors (Lipinski definition) is 3. The van der Waals surface area contributed by atoms with Gasteiger partial charge in [0.15, 0.2) is 0 Å². The average Bonchev–Trinajstić information content (AvgIpc) is 2.87. The van der Waals surface area contributed by atoms with Gasteiger partial charge in [-0.25, -0.2) is 4.79 Å². The van der Waals surface area contributed by atoms with Crippen molar-refractivity contribution in [3.8, 4) is 5.75 Å². The molecule has 188 valence electrons. The van der Waals surface area contributed by atoms with Crippen molar-refractivity contribution in [2.45, 2.75) is 110 Å². The first-order valence-electron chi connectivity index (χ1n) is 13.6. The fraction of sp³-hybridized carbons (Fsp3) is 0.581. The molecule has 34 heavy (non-hydrogen) atoms. The minimum absolute atomic E-state index is 0.00566. The van der Waals surface area contributed by atoms with Gasteiger partial charge in [-0.2, -0.15) is 0 Å². The van der Waals surface area contributed by atoms with Crippen LogP contribution in [0.25, 0.3) is 0 Å². The maximum Gasteiger partial charge on any atom is 0.343 e. The molecule has 3 heteroatoms. The molecule has 0 spiro atoms. The van der Waals surface area contributed by atoms with Gasteiger partial charge in [0.25, 0.3) is 0 Å². The van der Waals surface area contributed by atoms with Crippen LogP contribution < -0.4 is 4.74 Å². The Kier molecular flexibility index (Phi) is 14.3. The molecule has 3 nitrogen and oxygen atoms in total. The number of carbonyl (C=O) groups excluding carboxylic acids is 1. The predicted octanol–water partition coefficient (Wildman–Crippen LogP) is 9.25. The molecule has 0 aromatic heterocycles. The van der Waals surface area contributed by atoms with E-state index in [0.717, 1.165) is 24.0 Å². The number of aryl methyl sites for hydroxylation is 1. The van der Waals surface area contributed by atoms with E-state index in [4.69, 9.17) is 9.47 Å². The van der Waals surface area contributed by atoms with E-state index in [1.54, 1.807) is 7.11 Å². The van der Waals surface area contributed by atoms with Gasteiger partial charge in [-0.1, -0.05) is 114 Å². The molecule has 2 aromatic carbocycles. The van der Waals surface area contributed by atoms with Gasteiger partial charge in [0.2, 0.25) is 0 Å². The third kappa shape index (κ3) is 10.9. The number of methoxy groups -OCH3 is 1. The molecule has 0 aliphatic carbocycles. The molecule has 2 aromatic rings. The van der Waals surface area contributed by atoms with Gasteiger partial charge in [0, 0.05) is 7.11 Å². The van der Waals surface area contributed by atoms with Crippen molar-refractivity contribution in [2.24, 2.45) is 0 Å². The van der Waals surface area contributed by atoms with Gasteiger partial charge in [-0.15, -0.1) is 0 Å². The van der Waals surface area contributed by atoms with Crippen LogP contribution in [0.2, 0.25) is 0 Å². The Morgan fingerprint density at radius 3 is 1.82 bits per heavy atom. The topological polar surface area (TPSA) is 35.5 Å². The lowest BCUT2D eigenvalue weighted by atomic mass is 10.0. The largest absolute Gasteiger partial charge is 0.423 e. The number of benzene rings is 2. The summed E-state index contributed by atoms with van der Waals surface area (Å²) in [6, 6.07) is 15.4. The second-order valence-corrected chi connectivity index (χ2v) is 9.49. The molecule has 0 radical (unpaired) electrons. The zero-order valence-electron chi connectivity index (χ0n) is 21.8. The number of unbranched alkanes of at least 4 members (excludes halogenated alkanes) is 12. The Balaban J connectivity index is 1.64. The highest BCUT2D eigenvalue weighted by molar-refractivity contribution is 5.91. The normalized spacial score (nSPS) is 12.0. The fourth-order valence-corrected chi connectivity index (χ4v) is 4.33. The van der Waals surface area contributed by atoms with E-state index in [0.29, 0.717) is 11.3 Å². The summed E-state index contributed by atoms with van der Waals surface area (Å²) in [6.45, 7) is 4.26. The number of ether oxygens (including phenoxy) is 2. The van der Waals surface area contributed by atoms with Crippen LogP contribution in [-0.4, -0.2) is 13.1 Å². The molecule has 0 aliphatic heterocycles. The van der Waals surface area contributed by atoms with Gasteiger partial charge in [-0.3, -0.25) is 0 Å². The third-order valence-electron chi connectivity index (χ3n) is 6.69. The molecular weight excluding hydrogens is 420 g/mol. The van der Waals surface area contributed by atoms with E-state index in [9.17, 15) is 4.79 Å². The van der Waals surface area contributed by atoms with Crippen LogP contribution in [0.15, 0.2) is 48.5 Å². The molecule has 0 saturated carbocycles. The monoisotopic (exact) mass is 466 g/mol. The predicted molar refractivity (Wildman–Crippen MR) is 143 cm³/mol. The summed E-state index contributed by atoms with van der Waals surface area (Å²) in [5, 5.41) is 0. The summed E-state index contributed by atoms with van der Waals surface area (Å²) >= 11 is 0. The first-order chi connectivity index (χ1) is 16.7. The first kappa shape index (κ1) is 28.1. The number of rotatable bonds is 18. The average molecular weight is 467 g/mol. The van der Waals surface area contributed by atoms with E-state index >= 15 is 0 Å². The quantitative estimate of drug-likeness (QED) is 0.125. The van der Waals surface area contributed by atoms with Crippen LogP contribution in [0, 0.1) is 0 Å². The summed E-state index contributed by atoms with van der Waals surface area (Å²) in [4.78, 5) is 12.7. The molecule has 2 rings (SSSR count). The van der Waals surface area contributed by atoms with E-state index in [2.05, 4.69) is 13.0 Å². The zero-order valence-corrected chi connectivity index (χ0v) is 21.8. The summed E-state index contributed by atoms with van der Waals surface area (Å²) in [5.74, 6) is 0.371. The van der Waals surface area contributed by atoms with Gasteiger partial charge in [0.1, 0.15) is 5.75 Å². The molecule has 0 N–H and O–H groups in total. The summed E-state index contributed by atoms with van der Waals surface area (Å²) in [7, 11) is 1.68. The minimum atomic E-state index is -0.311. The molecule has 0 saturated heterocycles. The van der Waals surface area contributed by atoms with Gasteiger partial charge < -0.3 is 9.47 Å². The van der Waals surface area contributed by atoms with Gasteiger partial charge >= 0.3 is 5.97 Å². The Morgan fingerprint density at radius 2 is 1.26 bits per heavy atom. The highest BCUT2D eigenvalue weighted by Gasteiger charge is 2.12. The van der Waals surface area contributed by atoms with E-state index in [1.165, 1.54) is 77.0 Å². The maximum atomic E-state index is 12.7. The Labute approximate surface area is 208 Å². The molecule has 0 amide bonds. The van der Waals surface area contributed by atoms with Crippen molar-refractivity contribution < 1.29 is 14.3 Å². The number of hydrogen-bond donors (Lipinski definition) is 0. The van der Waals surface area contributed by atoms with E-state index in [-0.39, 0.29) is 12.1 Å². The standard InChI is InChI=1S/C31H46O3/c1-4-5-6-7-8-9-10-11-12-13-14-15-16-19-28-20-17-18-21-30(28)34-31(32)29-24-22-27(23-25-29)26(2)33-3/h17-18,20-26H,4-16,19H2,1-3H3. The Bertz CT molecular complexity index is 797. The van der Waals surface area contributed by atoms with Gasteiger partial charge in [-0.05, 0) is 49.1 Å². The van der Waals surface area contributed by atoms with Crippen LogP contribution in [0.5, 0.6) is 5.75 Å². The minimum Gasteiger partial charge on any atom is -0.423 e. The number of esters is 1.